The first kappa shape index (κ1) is 22.4. The van der Waals surface area contributed by atoms with E-state index in [-0.39, 0.29) is 25.2 Å². The Morgan fingerprint density at radius 2 is 2.11 bits per heavy atom. The van der Waals surface area contributed by atoms with Crippen molar-refractivity contribution in [3.63, 3.8) is 0 Å². The number of likely N-dealkylation sites (tertiary alicyclic amines) is 1. The van der Waals surface area contributed by atoms with Gasteiger partial charge in [-0.1, -0.05) is 19.6 Å². The van der Waals surface area contributed by atoms with Crippen molar-refractivity contribution in [3.8, 4) is 0 Å². The number of methoxy groups -OCH3 is 1. The third-order valence-corrected chi connectivity index (χ3v) is 6.48. The SMILES string of the molecule is COC1CN(C(=O)O)CCC1NC(=O)c1nc(C)cn1COCC[Si](C)(C)C. The van der Waals surface area contributed by atoms with Crippen LogP contribution in [-0.2, 0) is 16.2 Å². The number of piperidine rings is 1. The molecule has 2 amide bonds. The third-order valence-electron chi connectivity index (χ3n) is 4.78. The lowest BCUT2D eigenvalue weighted by Gasteiger charge is -2.36. The van der Waals surface area contributed by atoms with Gasteiger partial charge in [0.15, 0.2) is 0 Å². The molecule has 2 unspecified atom stereocenters. The molecule has 1 aromatic rings. The lowest BCUT2D eigenvalue weighted by atomic mass is 10.0. The van der Waals surface area contributed by atoms with Crippen LogP contribution in [0.4, 0.5) is 4.79 Å². The molecule has 2 heterocycles. The molecular formula is C18H32N4O5Si. The monoisotopic (exact) mass is 412 g/mol. The number of hydrogen-bond acceptors (Lipinski definition) is 5. The third kappa shape index (κ3) is 6.32. The summed E-state index contributed by atoms with van der Waals surface area (Å²) in [6.07, 6.45) is 0.910. The van der Waals surface area contributed by atoms with Crippen molar-refractivity contribution in [2.24, 2.45) is 0 Å². The highest BCUT2D eigenvalue weighted by atomic mass is 28.3. The number of hydrogen-bond donors (Lipinski definition) is 2. The Morgan fingerprint density at radius 1 is 1.39 bits per heavy atom. The van der Waals surface area contributed by atoms with Crippen LogP contribution in [0.3, 0.4) is 0 Å². The molecule has 1 aliphatic rings. The first-order valence-corrected chi connectivity index (χ1v) is 13.2. The van der Waals surface area contributed by atoms with Gasteiger partial charge in [0.1, 0.15) is 6.73 Å². The van der Waals surface area contributed by atoms with E-state index in [0.717, 1.165) is 11.7 Å². The molecular weight excluding hydrogens is 380 g/mol. The fraction of sp³-hybridized carbons (Fsp3) is 0.722. The fourth-order valence-corrected chi connectivity index (χ4v) is 3.85. The van der Waals surface area contributed by atoms with Crippen LogP contribution in [-0.4, -0.2) is 78.6 Å². The number of carbonyl (C=O) groups is 2. The zero-order valence-corrected chi connectivity index (χ0v) is 18.4. The Balaban J connectivity index is 1.97. The average molecular weight is 413 g/mol. The van der Waals surface area contributed by atoms with Crippen molar-refractivity contribution in [3.05, 3.63) is 17.7 Å². The second kappa shape index (κ2) is 9.53. The standard InChI is InChI=1S/C18H32N4O5Si/c1-13-10-22(12-27-8-9-28(3,4)5)16(19-13)17(23)20-14-6-7-21(18(24)25)11-15(14)26-2/h10,14-15H,6-9,11-12H2,1-5H3,(H,20,23)(H,24,25). The zero-order chi connectivity index (χ0) is 20.9. The number of rotatable bonds is 8. The second-order valence-corrected chi connectivity index (χ2v) is 14.0. The van der Waals surface area contributed by atoms with Gasteiger partial charge in [0.2, 0.25) is 5.82 Å². The summed E-state index contributed by atoms with van der Waals surface area (Å²) in [4.78, 5) is 29.6. The summed E-state index contributed by atoms with van der Waals surface area (Å²) in [7, 11) is 0.351. The first-order valence-electron chi connectivity index (χ1n) is 9.54. The van der Waals surface area contributed by atoms with Gasteiger partial charge < -0.3 is 29.4 Å². The van der Waals surface area contributed by atoms with Crippen molar-refractivity contribution in [2.45, 2.75) is 57.9 Å². The zero-order valence-electron chi connectivity index (χ0n) is 17.4. The highest BCUT2D eigenvalue weighted by Crippen LogP contribution is 2.15. The van der Waals surface area contributed by atoms with Crippen molar-refractivity contribution in [2.75, 3.05) is 26.8 Å². The van der Waals surface area contributed by atoms with E-state index in [2.05, 4.69) is 29.9 Å². The fourth-order valence-electron chi connectivity index (χ4n) is 3.09. The first-order chi connectivity index (χ1) is 13.1. The van der Waals surface area contributed by atoms with Crippen LogP contribution >= 0.6 is 0 Å². The van der Waals surface area contributed by atoms with E-state index in [0.29, 0.717) is 25.4 Å². The van der Waals surface area contributed by atoms with E-state index in [4.69, 9.17) is 14.6 Å². The number of carbonyl (C=O) groups excluding carboxylic acids is 1. The number of amides is 2. The summed E-state index contributed by atoms with van der Waals surface area (Å²) in [5.41, 5.74) is 0.739. The molecule has 158 valence electrons. The molecule has 0 aliphatic carbocycles. The number of carboxylic acid groups (broad SMARTS) is 1. The van der Waals surface area contributed by atoms with Gasteiger partial charge in [0, 0.05) is 34.5 Å². The van der Waals surface area contributed by atoms with Crippen molar-refractivity contribution < 1.29 is 24.2 Å². The molecule has 10 heteroatoms. The van der Waals surface area contributed by atoms with Gasteiger partial charge in [-0.15, -0.1) is 0 Å². The van der Waals surface area contributed by atoms with Gasteiger partial charge in [-0.3, -0.25) is 4.79 Å². The Morgan fingerprint density at radius 3 is 2.71 bits per heavy atom. The smallest absolute Gasteiger partial charge is 0.407 e. The molecule has 2 atom stereocenters. The van der Waals surface area contributed by atoms with Crippen molar-refractivity contribution >= 4 is 20.1 Å². The lowest BCUT2D eigenvalue weighted by Crippen LogP contribution is -2.56. The topological polar surface area (TPSA) is 106 Å². The van der Waals surface area contributed by atoms with Gasteiger partial charge in [0.25, 0.3) is 5.91 Å². The average Bonchev–Trinajstić information content (AvgIpc) is 2.99. The molecule has 0 saturated carbocycles. The highest BCUT2D eigenvalue weighted by molar-refractivity contribution is 6.76. The maximum atomic E-state index is 12.8. The number of nitrogens with one attached hydrogen (secondary N) is 1. The van der Waals surface area contributed by atoms with Crippen LogP contribution in [0.2, 0.25) is 25.7 Å². The minimum atomic E-state index is -1.17. The van der Waals surface area contributed by atoms with E-state index >= 15 is 0 Å². The largest absolute Gasteiger partial charge is 0.465 e. The molecule has 0 bridgehead atoms. The molecule has 1 aromatic heterocycles. The Hall–Kier alpha value is -1.91. The van der Waals surface area contributed by atoms with E-state index in [9.17, 15) is 9.59 Å². The predicted molar refractivity (Wildman–Crippen MR) is 107 cm³/mol. The van der Waals surface area contributed by atoms with Crippen LogP contribution in [0.1, 0.15) is 22.7 Å². The summed E-state index contributed by atoms with van der Waals surface area (Å²) in [5, 5.41) is 12.1. The van der Waals surface area contributed by atoms with Crippen LogP contribution in [0, 0.1) is 6.92 Å². The maximum Gasteiger partial charge on any atom is 0.407 e. The van der Waals surface area contributed by atoms with Gasteiger partial charge in [0.05, 0.1) is 24.4 Å². The quantitative estimate of drug-likeness (QED) is 0.500. The lowest BCUT2D eigenvalue weighted by molar-refractivity contribution is 0.00976. The van der Waals surface area contributed by atoms with Crippen molar-refractivity contribution in [1.82, 2.24) is 19.8 Å². The van der Waals surface area contributed by atoms with Gasteiger partial charge in [-0.25, -0.2) is 9.78 Å². The van der Waals surface area contributed by atoms with E-state index in [1.165, 1.54) is 12.0 Å². The summed E-state index contributed by atoms with van der Waals surface area (Å²) in [5.74, 6) is -0.0151. The minimum Gasteiger partial charge on any atom is -0.465 e. The molecule has 2 rings (SSSR count). The number of aryl methyl sites for hydroxylation is 1. The molecule has 2 N–H and O–H groups in total. The number of nitrogens with zero attached hydrogens (tertiary/aromatic N) is 3. The number of imidazole rings is 1. The summed E-state index contributed by atoms with van der Waals surface area (Å²) >= 11 is 0. The summed E-state index contributed by atoms with van der Waals surface area (Å²) in [6.45, 7) is 10.2. The molecule has 28 heavy (non-hydrogen) atoms. The van der Waals surface area contributed by atoms with Gasteiger partial charge >= 0.3 is 6.09 Å². The second-order valence-electron chi connectivity index (χ2n) is 8.40. The van der Waals surface area contributed by atoms with Gasteiger partial charge in [-0.05, 0) is 19.4 Å². The molecule has 0 radical (unpaired) electrons. The number of aromatic nitrogens is 2. The molecule has 1 aliphatic heterocycles. The van der Waals surface area contributed by atoms with Gasteiger partial charge in [-0.2, -0.15) is 0 Å². The predicted octanol–water partition coefficient (Wildman–Crippen LogP) is 2.00. The minimum absolute atomic E-state index is 0.226. The van der Waals surface area contributed by atoms with Crippen molar-refractivity contribution in [1.29, 1.82) is 0 Å². The van der Waals surface area contributed by atoms with Crippen LogP contribution in [0.15, 0.2) is 6.20 Å². The molecule has 9 nitrogen and oxygen atoms in total. The van der Waals surface area contributed by atoms with E-state index in [1.54, 1.807) is 10.8 Å². The van der Waals surface area contributed by atoms with Crippen LogP contribution in [0.5, 0.6) is 0 Å². The molecule has 0 aromatic carbocycles. The highest BCUT2D eigenvalue weighted by Gasteiger charge is 2.33. The van der Waals surface area contributed by atoms with Crippen LogP contribution < -0.4 is 5.32 Å². The van der Waals surface area contributed by atoms with E-state index < -0.39 is 20.3 Å². The number of ether oxygens (including phenoxy) is 2. The normalized spacial score (nSPS) is 20.2. The maximum absolute atomic E-state index is 12.8. The Kier molecular flexibility index (Phi) is 7.61. The molecule has 0 spiro atoms. The molecule has 1 fully saturated rings. The molecule has 1 saturated heterocycles. The Labute approximate surface area is 167 Å². The van der Waals surface area contributed by atoms with E-state index in [1.807, 2.05) is 6.92 Å². The van der Waals surface area contributed by atoms with Crippen LogP contribution in [0.25, 0.3) is 0 Å². The Bertz CT molecular complexity index is 688. The summed E-state index contributed by atoms with van der Waals surface area (Å²) in [6, 6.07) is 0.784. The summed E-state index contributed by atoms with van der Waals surface area (Å²) < 4.78 is 12.9.